The summed E-state index contributed by atoms with van der Waals surface area (Å²) in [6.45, 7) is 3.26. The van der Waals surface area contributed by atoms with E-state index >= 15 is 0 Å². The normalized spacial score (nSPS) is 12.3. The Labute approximate surface area is 301 Å². The van der Waals surface area contributed by atoms with E-state index in [0.29, 0.717) is 30.3 Å². The number of carboxylic acids is 1. The minimum Gasteiger partial charge on any atom is -0.870 e. The molecule has 11 nitrogen and oxygen atoms in total. The summed E-state index contributed by atoms with van der Waals surface area (Å²) in [5.41, 5.74) is -6.90. The fraction of sp³-hybridized carbons (Fsp3) is 0.241. The number of rotatable bonds is 7. The Hall–Kier alpha value is -5.14. The first-order valence-corrected chi connectivity index (χ1v) is 13.5. The Morgan fingerprint density at radius 2 is 0.962 bits per heavy atom. The molecule has 4 rings (SSSR count). The molecule has 0 saturated heterocycles. The number of halogens is 12. The van der Waals surface area contributed by atoms with Crippen molar-refractivity contribution < 1.29 is 96.5 Å². The van der Waals surface area contributed by atoms with Gasteiger partial charge in [-0.15, -0.1) is 10.2 Å². The predicted octanol–water partition coefficient (Wildman–Crippen LogP) is 4.77. The summed E-state index contributed by atoms with van der Waals surface area (Å²) in [5, 5.41) is 15.8. The van der Waals surface area contributed by atoms with Crippen LogP contribution in [0.15, 0.2) is 61.2 Å². The van der Waals surface area contributed by atoms with E-state index in [1.54, 1.807) is 13.8 Å². The van der Waals surface area contributed by atoms with Gasteiger partial charge in [0.1, 0.15) is 12.7 Å². The second-order valence-corrected chi connectivity index (χ2v) is 10.1. The van der Waals surface area contributed by atoms with Crippen molar-refractivity contribution >= 4 is 24.3 Å². The van der Waals surface area contributed by atoms with Gasteiger partial charge >= 0.3 is 55.5 Å². The summed E-state index contributed by atoms with van der Waals surface area (Å²) >= 11 is 0. The summed E-state index contributed by atoms with van der Waals surface area (Å²) in [4.78, 5) is 29.0. The molecule has 0 aliphatic rings. The number of alkyl halides is 12. The SMILES string of the molecule is CC(C)OC(=O)/C=C\n1cnc(-c2cc(C(F)(F)F)cc(C(F)(F)F)c2)n1.O=C(O)/C=C\n1cnc(-c2cc(C(F)(F)F)cc(C(F)(F)F)c2)n1.[Li+].[OH-]. The van der Waals surface area contributed by atoms with E-state index in [-0.39, 0.29) is 48.4 Å². The van der Waals surface area contributed by atoms with E-state index in [4.69, 9.17) is 9.84 Å². The molecule has 0 aliphatic heterocycles. The summed E-state index contributed by atoms with van der Waals surface area (Å²) in [7, 11) is 0. The van der Waals surface area contributed by atoms with Crippen LogP contribution in [0.2, 0.25) is 0 Å². The molecular weight excluding hydrogens is 747 g/mol. The number of aliphatic carboxylic acids is 1. The minimum absolute atomic E-state index is 0. The number of ether oxygens (including phenoxy) is 1. The monoisotopic (exact) mass is 768 g/mol. The summed E-state index contributed by atoms with van der Waals surface area (Å²) < 4.78 is 161. The van der Waals surface area contributed by atoms with Gasteiger partial charge < -0.3 is 15.3 Å². The number of hydrogen-bond donors (Lipinski definition) is 1. The van der Waals surface area contributed by atoms with E-state index in [1.165, 1.54) is 0 Å². The molecule has 0 radical (unpaired) electrons. The molecule has 0 bridgehead atoms. The Morgan fingerprint density at radius 1 is 0.642 bits per heavy atom. The molecule has 2 aromatic heterocycles. The smallest absolute Gasteiger partial charge is 0.870 e. The molecule has 53 heavy (non-hydrogen) atoms. The second kappa shape index (κ2) is 17.6. The minimum atomic E-state index is -4.98. The molecule has 0 aliphatic carbocycles. The molecule has 0 fully saturated rings. The maximum absolute atomic E-state index is 12.9. The Bertz CT molecular complexity index is 1870. The number of carbonyl (C=O) groups excluding carboxylic acids is 1. The average Bonchev–Trinajstić information content (AvgIpc) is 3.67. The molecule has 0 atom stereocenters. The topological polar surface area (TPSA) is 155 Å². The largest absolute Gasteiger partial charge is 1.00 e. The van der Waals surface area contributed by atoms with Gasteiger partial charge in [-0.05, 0) is 50.2 Å². The van der Waals surface area contributed by atoms with Crippen LogP contribution in [0.4, 0.5) is 52.7 Å². The van der Waals surface area contributed by atoms with Crippen molar-refractivity contribution in [2.75, 3.05) is 0 Å². The van der Waals surface area contributed by atoms with Crippen molar-refractivity contribution in [2.24, 2.45) is 0 Å². The molecular formula is C29H21F12LiN6O5. The molecule has 0 unspecified atom stereocenters. The van der Waals surface area contributed by atoms with Crippen molar-refractivity contribution in [2.45, 2.75) is 44.7 Å². The van der Waals surface area contributed by atoms with Crippen LogP contribution < -0.4 is 18.9 Å². The molecule has 2 aromatic carbocycles. The van der Waals surface area contributed by atoms with Crippen LogP contribution in [0.25, 0.3) is 35.2 Å². The molecule has 0 amide bonds. The van der Waals surface area contributed by atoms with Gasteiger partial charge in [0.15, 0.2) is 11.6 Å². The van der Waals surface area contributed by atoms with Crippen molar-refractivity contribution in [1.29, 1.82) is 0 Å². The average molecular weight is 768 g/mol. The van der Waals surface area contributed by atoms with Gasteiger partial charge in [0.05, 0.1) is 28.4 Å². The van der Waals surface area contributed by atoms with Crippen molar-refractivity contribution in [3.05, 3.63) is 83.5 Å². The van der Waals surface area contributed by atoms with Crippen molar-refractivity contribution in [1.82, 2.24) is 29.5 Å². The van der Waals surface area contributed by atoms with Gasteiger partial charge in [-0.1, -0.05) is 0 Å². The number of esters is 1. The number of carboxylic acid groups (broad SMARTS) is 1. The Balaban J connectivity index is 0.000000514. The van der Waals surface area contributed by atoms with Crippen LogP contribution in [0.3, 0.4) is 0 Å². The molecule has 2 N–H and O–H groups in total. The fourth-order valence-electron chi connectivity index (χ4n) is 3.67. The number of carbonyl (C=O) groups is 2. The summed E-state index contributed by atoms with van der Waals surface area (Å²) in [6, 6.07) is 2.01. The quantitative estimate of drug-likeness (QED) is 0.121. The fourth-order valence-corrected chi connectivity index (χ4v) is 3.67. The molecule has 2 heterocycles. The van der Waals surface area contributed by atoms with Gasteiger partial charge in [-0.25, -0.2) is 28.9 Å². The van der Waals surface area contributed by atoms with Gasteiger partial charge in [0.2, 0.25) is 0 Å². The molecule has 24 heteroatoms. The van der Waals surface area contributed by atoms with Crippen LogP contribution >= 0.6 is 0 Å². The molecule has 282 valence electrons. The van der Waals surface area contributed by atoms with Gasteiger partial charge in [-0.2, -0.15) is 52.7 Å². The number of benzene rings is 2. The van der Waals surface area contributed by atoms with E-state index in [2.05, 4.69) is 20.2 Å². The zero-order valence-corrected chi connectivity index (χ0v) is 26.8. The van der Waals surface area contributed by atoms with E-state index in [0.717, 1.165) is 40.5 Å². The van der Waals surface area contributed by atoms with E-state index < -0.39 is 75.8 Å². The Kier molecular flexibility index (Phi) is 15.2. The first-order valence-electron chi connectivity index (χ1n) is 13.5. The van der Waals surface area contributed by atoms with Crippen LogP contribution in [0.1, 0.15) is 36.1 Å². The van der Waals surface area contributed by atoms with E-state index in [1.807, 2.05) is 0 Å². The zero-order chi connectivity index (χ0) is 38.5. The van der Waals surface area contributed by atoms with Gasteiger partial charge in [0, 0.05) is 35.7 Å². The van der Waals surface area contributed by atoms with Crippen LogP contribution in [0, 0.1) is 0 Å². The predicted molar refractivity (Wildman–Crippen MR) is 152 cm³/mol. The first-order chi connectivity index (χ1) is 23.3. The maximum atomic E-state index is 12.9. The van der Waals surface area contributed by atoms with Crippen LogP contribution in [-0.4, -0.2) is 58.2 Å². The second-order valence-electron chi connectivity index (χ2n) is 10.1. The summed E-state index contributed by atoms with van der Waals surface area (Å²) in [5.74, 6) is -2.79. The Morgan fingerprint density at radius 3 is 1.25 bits per heavy atom. The third kappa shape index (κ3) is 13.7. The standard InChI is InChI=1S/C16H13F6N3O2.C13H7F6N3O2.Li.H2O/c1-9(2)27-13(26)3-4-25-8-23-14(24-25)10-5-11(15(17,18)19)7-12(6-10)16(20,21)22;14-12(15,16)8-3-7(4-9(5-8)13(17,18)19)11-20-6-22(21-11)2-1-10(23)24;;/h3-9H,1-2H3;1-6H,(H,23,24);;1H2/q;;+1;/p-1/b4-3-;2-1-;;. The maximum Gasteiger partial charge on any atom is 1.00 e. The van der Waals surface area contributed by atoms with Crippen molar-refractivity contribution in [3.8, 4) is 22.8 Å². The van der Waals surface area contributed by atoms with E-state index in [9.17, 15) is 62.3 Å². The number of hydrogen-bond acceptors (Lipinski definition) is 8. The third-order valence-corrected chi connectivity index (χ3v) is 5.79. The number of nitrogens with zero attached hydrogens (tertiary/aromatic N) is 6. The number of aromatic nitrogens is 6. The van der Waals surface area contributed by atoms with Crippen LogP contribution in [0.5, 0.6) is 0 Å². The molecule has 0 saturated carbocycles. The van der Waals surface area contributed by atoms with Crippen molar-refractivity contribution in [3.63, 3.8) is 0 Å². The summed E-state index contributed by atoms with van der Waals surface area (Å²) in [6.07, 6.45) is -14.6. The zero-order valence-electron chi connectivity index (χ0n) is 26.8. The van der Waals surface area contributed by atoms with Crippen LogP contribution in [-0.2, 0) is 39.0 Å². The molecule has 0 spiro atoms. The molecule has 4 aromatic rings. The van der Waals surface area contributed by atoms with Gasteiger partial charge in [-0.3, -0.25) is 0 Å². The van der Waals surface area contributed by atoms with Gasteiger partial charge in [0.25, 0.3) is 0 Å². The third-order valence-electron chi connectivity index (χ3n) is 5.79. The first kappa shape index (κ1) is 45.9.